The zero-order valence-electron chi connectivity index (χ0n) is 11.5. The lowest BCUT2D eigenvalue weighted by atomic mass is 10.1. The van der Waals surface area contributed by atoms with Crippen molar-refractivity contribution in [2.75, 3.05) is 25.5 Å². The van der Waals surface area contributed by atoms with Crippen molar-refractivity contribution in [2.24, 2.45) is 5.92 Å². The molecular weight excluding hydrogens is 224 g/mol. The van der Waals surface area contributed by atoms with Crippen molar-refractivity contribution in [3.05, 3.63) is 29.3 Å². The molecule has 1 saturated carbocycles. The smallest absolute Gasteiger partial charge is 0.253 e. The van der Waals surface area contributed by atoms with Crippen LogP contribution in [0.2, 0.25) is 0 Å². The highest BCUT2D eigenvalue weighted by Crippen LogP contribution is 2.29. The number of carbonyl (C=O) groups excluding carboxylic acids is 1. The molecule has 0 bridgehead atoms. The summed E-state index contributed by atoms with van der Waals surface area (Å²) in [6.07, 6.45) is 2.55. The minimum atomic E-state index is 0.141. The van der Waals surface area contributed by atoms with Gasteiger partial charge in [0, 0.05) is 31.4 Å². The summed E-state index contributed by atoms with van der Waals surface area (Å²) in [4.78, 5) is 14.2. The second kappa shape index (κ2) is 5.42. The van der Waals surface area contributed by atoms with Crippen LogP contribution in [0.5, 0.6) is 0 Å². The Balaban J connectivity index is 2.08. The lowest BCUT2D eigenvalue weighted by Crippen LogP contribution is -2.29. The number of hydrogen-bond donors (Lipinski definition) is 1. The largest absolute Gasteiger partial charge is 0.385 e. The molecule has 2 rings (SSSR count). The van der Waals surface area contributed by atoms with Gasteiger partial charge in [0.2, 0.25) is 0 Å². The first kappa shape index (κ1) is 12.9. The molecule has 0 aliphatic heterocycles. The predicted molar refractivity (Wildman–Crippen MR) is 75.0 cm³/mol. The van der Waals surface area contributed by atoms with Crippen molar-refractivity contribution in [1.82, 2.24) is 4.90 Å². The van der Waals surface area contributed by atoms with E-state index >= 15 is 0 Å². The van der Waals surface area contributed by atoms with Crippen molar-refractivity contribution < 1.29 is 4.79 Å². The highest BCUT2D eigenvalue weighted by molar-refractivity contribution is 5.96. The Labute approximate surface area is 109 Å². The molecule has 0 unspecified atom stereocenters. The van der Waals surface area contributed by atoms with Crippen LogP contribution in [0.1, 0.15) is 35.7 Å². The SMILES string of the molecule is CCNc1ccc(C(=O)N(C)CC2CC2)c(C)c1. The molecule has 0 aromatic heterocycles. The molecule has 1 aliphatic rings. The van der Waals surface area contributed by atoms with Crippen LogP contribution >= 0.6 is 0 Å². The maximum absolute atomic E-state index is 12.3. The number of rotatable bonds is 5. The molecular formula is C15H22N2O. The zero-order chi connectivity index (χ0) is 13.1. The summed E-state index contributed by atoms with van der Waals surface area (Å²) in [5.41, 5.74) is 2.94. The number of aryl methyl sites for hydroxylation is 1. The summed E-state index contributed by atoms with van der Waals surface area (Å²) >= 11 is 0. The van der Waals surface area contributed by atoms with Gasteiger partial charge < -0.3 is 10.2 Å². The van der Waals surface area contributed by atoms with Crippen molar-refractivity contribution in [2.45, 2.75) is 26.7 Å². The molecule has 3 nitrogen and oxygen atoms in total. The van der Waals surface area contributed by atoms with Gasteiger partial charge in [0.15, 0.2) is 0 Å². The Kier molecular flexibility index (Phi) is 3.90. The van der Waals surface area contributed by atoms with Gasteiger partial charge in [-0.05, 0) is 56.4 Å². The second-order valence-corrected chi connectivity index (χ2v) is 5.19. The van der Waals surface area contributed by atoms with Gasteiger partial charge >= 0.3 is 0 Å². The summed E-state index contributed by atoms with van der Waals surface area (Å²) in [5, 5.41) is 3.26. The Bertz CT molecular complexity index is 438. The van der Waals surface area contributed by atoms with E-state index in [4.69, 9.17) is 0 Å². The van der Waals surface area contributed by atoms with Crippen molar-refractivity contribution in [3.63, 3.8) is 0 Å². The first-order valence-corrected chi connectivity index (χ1v) is 6.71. The van der Waals surface area contributed by atoms with E-state index < -0.39 is 0 Å². The van der Waals surface area contributed by atoms with E-state index in [1.54, 1.807) is 0 Å². The Morgan fingerprint density at radius 2 is 2.17 bits per heavy atom. The van der Waals surface area contributed by atoms with Gasteiger partial charge in [-0.1, -0.05) is 0 Å². The third-order valence-corrected chi connectivity index (χ3v) is 3.41. The molecule has 1 aliphatic carbocycles. The lowest BCUT2D eigenvalue weighted by molar-refractivity contribution is 0.0788. The summed E-state index contributed by atoms with van der Waals surface area (Å²) in [7, 11) is 1.90. The first-order chi connectivity index (χ1) is 8.61. The molecule has 0 saturated heterocycles. The van der Waals surface area contributed by atoms with Crippen molar-refractivity contribution >= 4 is 11.6 Å². The first-order valence-electron chi connectivity index (χ1n) is 6.71. The molecule has 1 amide bonds. The fourth-order valence-corrected chi connectivity index (χ4v) is 2.19. The minimum Gasteiger partial charge on any atom is -0.385 e. The van der Waals surface area contributed by atoms with Crippen LogP contribution in [0.15, 0.2) is 18.2 Å². The molecule has 18 heavy (non-hydrogen) atoms. The number of anilines is 1. The molecule has 0 spiro atoms. The molecule has 1 N–H and O–H groups in total. The number of hydrogen-bond acceptors (Lipinski definition) is 2. The van der Waals surface area contributed by atoms with Crippen LogP contribution in [-0.2, 0) is 0 Å². The third kappa shape index (κ3) is 3.03. The molecule has 98 valence electrons. The Hall–Kier alpha value is -1.51. The van der Waals surface area contributed by atoms with Gasteiger partial charge in [0.05, 0.1) is 0 Å². The fourth-order valence-electron chi connectivity index (χ4n) is 2.19. The van der Waals surface area contributed by atoms with Gasteiger partial charge in [0.1, 0.15) is 0 Å². The van der Waals surface area contributed by atoms with Crippen LogP contribution in [0, 0.1) is 12.8 Å². The Morgan fingerprint density at radius 3 is 2.72 bits per heavy atom. The number of carbonyl (C=O) groups is 1. The number of amides is 1. The van der Waals surface area contributed by atoms with Crippen molar-refractivity contribution in [3.8, 4) is 0 Å². The maximum atomic E-state index is 12.3. The molecule has 0 atom stereocenters. The molecule has 0 radical (unpaired) electrons. The van der Waals surface area contributed by atoms with Gasteiger partial charge in [0.25, 0.3) is 5.91 Å². The van der Waals surface area contributed by atoms with Gasteiger partial charge in [-0.25, -0.2) is 0 Å². The number of nitrogens with zero attached hydrogens (tertiary/aromatic N) is 1. The number of nitrogens with one attached hydrogen (secondary N) is 1. The van der Waals surface area contributed by atoms with E-state index in [2.05, 4.69) is 12.2 Å². The normalized spacial score (nSPS) is 14.4. The Morgan fingerprint density at radius 1 is 1.44 bits per heavy atom. The monoisotopic (exact) mass is 246 g/mol. The third-order valence-electron chi connectivity index (χ3n) is 3.41. The van der Waals surface area contributed by atoms with Crippen LogP contribution < -0.4 is 5.32 Å². The summed E-state index contributed by atoms with van der Waals surface area (Å²) < 4.78 is 0. The molecule has 1 fully saturated rings. The van der Waals surface area contributed by atoms with Crippen LogP contribution in [0.25, 0.3) is 0 Å². The van der Waals surface area contributed by atoms with Crippen LogP contribution in [-0.4, -0.2) is 30.9 Å². The van der Waals surface area contributed by atoms with Crippen molar-refractivity contribution in [1.29, 1.82) is 0 Å². The van der Waals surface area contributed by atoms with Gasteiger partial charge in [-0.15, -0.1) is 0 Å². The standard InChI is InChI=1S/C15H22N2O/c1-4-16-13-7-8-14(11(2)9-13)15(18)17(3)10-12-5-6-12/h7-9,12,16H,4-6,10H2,1-3H3. The van der Waals surface area contributed by atoms with E-state index in [-0.39, 0.29) is 5.91 Å². The van der Waals surface area contributed by atoms with E-state index in [1.165, 1.54) is 12.8 Å². The lowest BCUT2D eigenvalue weighted by Gasteiger charge is -2.18. The van der Waals surface area contributed by atoms with E-state index in [0.717, 1.165) is 35.8 Å². The summed E-state index contributed by atoms with van der Waals surface area (Å²) in [5.74, 6) is 0.878. The number of benzene rings is 1. The average Bonchev–Trinajstić information content (AvgIpc) is 3.13. The van der Waals surface area contributed by atoms with E-state index in [0.29, 0.717) is 0 Å². The summed E-state index contributed by atoms with van der Waals surface area (Å²) in [6, 6.07) is 5.95. The van der Waals surface area contributed by atoms with Gasteiger partial charge in [-0.2, -0.15) is 0 Å². The predicted octanol–water partition coefficient (Wildman–Crippen LogP) is 2.91. The minimum absolute atomic E-state index is 0.141. The van der Waals surface area contributed by atoms with E-state index in [9.17, 15) is 4.79 Å². The average molecular weight is 246 g/mol. The highest BCUT2D eigenvalue weighted by atomic mass is 16.2. The zero-order valence-corrected chi connectivity index (χ0v) is 11.5. The topological polar surface area (TPSA) is 32.3 Å². The highest BCUT2D eigenvalue weighted by Gasteiger charge is 2.25. The molecule has 1 aromatic rings. The maximum Gasteiger partial charge on any atom is 0.253 e. The van der Waals surface area contributed by atoms with Gasteiger partial charge in [-0.3, -0.25) is 4.79 Å². The van der Waals surface area contributed by atoms with E-state index in [1.807, 2.05) is 37.1 Å². The van der Waals surface area contributed by atoms with Crippen LogP contribution in [0.3, 0.4) is 0 Å². The summed E-state index contributed by atoms with van der Waals surface area (Å²) in [6.45, 7) is 5.86. The fraction of sp³-hybridized carbons (Fsp3) is 0.533. The molecule has 3 heteroatoms. The molecule has 1 aromatic carbocycles. The van der Waals surface area contributed by atoms with Crippen LogP contribution in [0.4, 0.5) is 5.69 Å². The second-order valence-electron chi connectivity index (χ2n) is 5.19. The quantitative estimate of drug-likeness (QED) is 0.866. The molecule has 0 heterocycles.